The molecule has 0 saturated heterocycles. The number of primary amides is 1. The number of carbonyl (C=O) groups excluding carboxylic acids is 1. The lowest BCUT2D eigenvalue weighted by Gasteiger charge is -2.20. The fourth-order valence-electron chi connectivity index (χ4n) is 3.56. The molecule has 0 aliphatic rings. The fraction of sp³-hybridized carbons (Fsp3) is 0.381. The lowest BCUT2D eigenvalue weighted by molar-refractivity contribution is -0.384. The van der Waals surface area contributed by atoms with Crippen molar-refractivity contribution < 1.29 is 9.72 Å². The third-order valence-electron chi connectivity index (χ3n) is 5.40. The van der Waals surface area contributed by atoms with E-state index >= 15 is 0 Å². The first kappa shape index (κ1) is 22.6. The molecular weight excluding hydrogens is 418 g/mol. The van der Waals surface area contributed by atoms with E-state index in [0.29, 0.717) is 46.0 Å². The summed E-state index contributed by atoms with van der Waals surface area (Å²) < 4.78 is 1.65. The molecule has 2 heterocycles. The number of aromatic nitrogens is 2. The number of aryl methyl sites for hydroxylation is 1. The van der Waals surface area contributed by atoms with Crippen molar-refractivity contribution in [2.45, 2.75) is 33.7 Å². The molecule has 0 bridgehead atoms. The van der Waals surface area contributed by atoms with Gasteiger partial charge in [-0.25, -0.2) is 4.98 Å². The molecule has 0 spiro atoms. The predicted molar refractivity (Wildman–Crippen MR) is 121 cm³/mol. The minimum atomic E-state index is -0.577. The number of hydrogen-bond acceptors (Lipinski definition) is 7. The molecule has 164 valence electrons. The van der Waals surface area contributed by atoms with Crippen molar-refractivity contribution in [1.29, 1.82) is 0 Å². The van der Waals surface area contributed by atoms with Crippen LogP contribution in [0.2, 0.25) is 0 Å². The molecular formula is C21H25N5O4S. The predicted octanol–water partition coefficient (Wildman–Crippen LogP) is 2.71. The zero-order valence-corrected chi connectivity index (χ0v) is 18.6. The summed E-state index contributed by atoms with van der Waals surface area (Å²) in [6.45, 7) is 8.70. The molecule has 31 heavy (non-hydrogen) atoms. The Kier molecular flexibility index (Phi) is 6.81. The van der Waals surface area contributed by atoms with Gasteiger partial charge in [-0.05, 0) is 31.1 Å². The van der Waals surface area contributed by atoms with Crippen LogP contribution >= 0.6 is 11.3 Å². The number of nitro benzene ring substituents is 1. The molecule has 2 N–H and O–H groups in total. The Balaban J connectivity index is 2.10. The van der Waals surface area contributed by atoms with Crippen molar-refractivity contribution in [3.63, 3.8) is 0 Å². The monoisotopic (exact) mass is 443 g/mol. The largest absolute Gasteiger partial charge is 0.365 e. The molecule has 3 aromatic rings. The van der Waals surface area contributed by atoms with Crippen LogP contribution in [0.15, 0.2) is 29.1 Å². The summed E-state index contributed by atoms with van der Waals surface area (Å²) >= 11 is 1.12. The van der Waals surface area contributed by atoms with Crippen molar-refractivity contribution in [2.75, 3.05) is 19.6 Å². The Morgan fingerprint density at radius 3 is 2.45 bits per heavy atom. The van der Waals surface area contributed by atoms with Crippen molar-refractivity contribution in [1.82, 2.24) is 14.5 Å². The van der Waals surface area contributed by atoms with E-state index in [4.69, 9.17) is 10.7 Å². The van der Waals surface area contributed by atoms with E-state index < -0.39 is 10.8 Å². The highest BCUT2D eigenvalue weighted by Crippen LogP contribution is 2.27. The van der Waals surface area contributed by atoms with Gasteiger partial charge in [0, 0.05) is 31.6 Å². The van der Waals surface area contributed by atoms with Gasteiger partial charge in [0.2, 0.25) is 0 Å². The highest BCUT2D eigenvalue weighted by molar-refractivity contribution is 7.20. The standard InChI is InChI=1S/C21H25N5O4S/c1-4-24(5-2)10-11-25-16(12-14-6-8-15(9-7-14)26(29)30)23-20-17(21(25)28)13(3)18(31-20)19(22)27/h6-9H,4-5,10-12H2,1-3H3,(H2,22,27). The number of likely N-dealkylation sites (N-methyl/N-ethyl adjacent to an activating group) is 1. The molecule has 1 amide bonds. The number of amides is 1. The van der Waals surface area contributed by atoms with Crippen LogP contribution in [-0.2, 0) is 13.0 Å². The van der Waals surface area contributed by atoms with E-state index in [1.807, 2.05) is 0 Å². The van der Waals surface area contributed by atoms with Gasteiger partial charge >= 0.3 is 0 Å². The van der Waals surface area contributed by atoms with Gasteiger partial charge in [-0.15, -0.1) is 11.3 Å². The second kappa shape index (κ2) is 9.36. The van der Waals surface area contributed by atoms with E-state index in [2.05, 4.69) is 18.7 Å². The Morgan fingerprint density at radius 2 is 1.90 bits per heavy atom. The van der Waals surface area contributed by atoms with E-state index in [0.717, 1.165) is 30.0 Å². The van der Waals surface area contributed by atoms with Crippen LogP contribution in [0.1, 0.15) is 40.5 Å². The van der Waals surface area contributed by atoms with Crippen molar-refractivity contribution in [3.05, 3.63) is 66.6 Å². The molecule has 3 rings (SSSR count). The van der Waals surface area contributed by atoms with Gasteiger partial charge in [-0.1, -0.05) is 26.0 Å². The minimum absolute atomic E-state index is 0.00562. The molecule has 0 atom stereocenters. The SMILES string of the molecule is CCN(CC)CCn1c(Cc2ccc([N+](=O)[O-])cc2)nc2sc(C(N)=O)c(C)c2c1=O. The summed E-state index contributed by atoms with van der Waals surface area (Å²) in [6.07, 6.45) is 0.338. The molecule has 0 unspecified atom stereocenters. The molecule has 9 nitrogen and oxygen atoms in total. The van der Waals surface area contributed by atoms with Crippen LogP contribution in [0.4, 0.5) is 5.69 Å². The maximum Gasteiger partial charge on any atom is 0.269 e. The van der Waals surface area contributed by atoms with Gasteiger partial charge in [0.1, 0.15) is 10.7 Å². The Morgan fingerprint density at radius 1 is 1.26 bits per heavy atom. The smallest absolute Gasteiger partial charge is 0.269 e. The quantitative estimate of drug-likeness (QED) is 0.400. The van der Waals surface area contributed by atoms with Crippen LogP contribution < -0.4 is 11.3 Å². The number of non-ortho nitro benzene ring substituents is 1. The lowest BCUT2D eigenvalue weighted by atomic mass is 10.1. The summed E-state index contributed by atoms with van der Waals surface area (Å²) in [5.74, 6) is -0.0257. The van der Waals surface area contributed by atoms with E-state index in [-0.39, 0.29) is 11.2 Å². The number of nitro groups is 1. The summed E-state index contributed by atoms with van der Waals surface area (Å²) in [6, 6.07) is 6.20. The molecule has 0 aliphatic heterocycles. The third-order valence-corrected chi connectivity index (χ3v) is 6.60. The topological polar surface area (TPSA) is 124 Å². The minimum Gasteiger partial charge on any atom is -0.365 e. The molecule has 0 saturated carbocycles. The van der Waals surface area contributed by atoms with Crippen molar-refractivity contribution in [2.24, 2.45) is 5.73 Å². The Hall–Kier alpha value is -3.11. The van der Waals surface area contributed by atoms with Crippen molar-refractivity contribution >= 4 is 33.1 Å². The number of nitrogens with zero attached hydrogens (tertiary/aromatic N) is 4. The number of fused-ring (bicyclic) bond motifs is 1. The van der Waals surface area contributed by atoms with E-state index in [1.54, 1.807) is 23.6 Å². The van der Waals surface area contributed by atoms with E-state index in [9.17, 15) is 19.7 Å². The Labute approximate surface area is 183 Å². The number of nitrogens with two attached hydrogens (primary N) is 1. The van der Waals surface area contributed by atoms with Gasteiger partial charge in [-0.2, -0.15) is 0 Å². The van der Waals surface area contributed by atoms with Crippen LogP contribution in [-0.4, -0.2) is 44.9 Å². The van der Waals surface area contributed by atoms with Crippen LogP contribution in [0.25, 0.3) is 10.2 Å². The fourth-order valence-corrected chi connectivity index (χ4v) is 4.60. The summed E-state index contributed by atoms with van der Waals surface area (Å²) in [4.78, 5) is 43.4. The van der Waals surface area contributed by atoms with Crippen LogP contribution in [0.5, 0.6) is 0 Å². The van der Waals surface area contributed by atoms with Gasteiger partial charge < -0.3 is 10.6 Å². The van der Waals surface area contributed by atoms with Gasteiger partial charge in [-0.3, -0.25) is 24.3 Å². The van der Waals surface area contributed by atoms with Crippen LogP contribution in [0.3, 0.4) is 0 Å². The van der Waals surface area contributed by atoms with Gasteiger partial charge in [0.05, 0.1) is 15.2 Å². The maximum absolute atomic E-state index is 13.4. The highest BCUT2D eigenvalue weighted by atomic mass is 32.1. The average Bonchev–Trinajstić information content (AvgIpc) is 3.07. The second-order valence-corrected chi connectivity index (χ2v) is 8.21. The van der Waals surface area contributed by atoms with Crippen molar-refractivity contribution in [3.8, 4) is 0 Å². The summed E-state index contributed by atoms with van der Waals surface area (Å²) in [5.41, 5.74) is 6.64. The highest BCUT2D eigenvalue weighted by Gasteiger charge is 2.21. The number of thiophene rings is 1. The third kappa shape index (κ3) is 4.64. The lowest BCUT2D eigenvalue weighted by Crippen LogP contribution is -2.33. The second-order valence-electron chi connectivity index (χ2n) is 7.21. The first-order chi connectivity index (χ1) is 14.8. The molecule has 0 fully saturated rings. The average molecular weight is 444 g/mol. The number of hydrogen-bond donors (Lipinski definition) is 1. The number of rotatable bonds is 9. The summed E-state index contributed by atoms with van der Waals surface area (Å²) in [7, 11) is 0. The van der Waals surface area contributed by atoms with E-state index in [1.165, 1.54) is 12.1 Å². The van der Waals surface area contributed by atoms with Crippen LogP contribution in [0, 0.1) is 17.0 Å². The molecule has 1 aromatic carbocycles. The summed E-state index contributed by atoms with van der Waals surface area (Å²) in [5, 5.41) is 11.3. The number of carbonyl (C=O) groups is 1. The first-order valence-electron chi connectivity index (χ1n) is 10.0. The van der Waals surface area contributed by atoms with Gasteiger partial charge in [0.15, 0.2) is 0 Å². The first-order valence-corrected chi connectivity index (χ1v) is 10.9. The molecule has 0 radical (unpaired) electrons. The number of benzene rings is 1. The zero-order chi connectivity index (χ0) is 22.7. The van der Waals surface area contributed by atoms with Gasteiger partial charge in [0.25, 0.3) is 17.2 Å². The maximum atomic E-state index is 13.4. The molecule has 0 aliphatic carbocycles. The zero-order valence-electron chi connectivity index (χ0n) is 17.8. The molecule has 2 aromatic heterocycles. The normalized spacial score (nSPS) is 11.4. The molecule has 10 heteroatoms. The Bertz CT molecular complexity index is 1180.